The molecule has 3 N–H and O–H groups in total. The monoisotopic (exact) mass is 491 g/mol. The predicted molar refractivity (Wildman–Crippen MR) is 130 cm³/mol. The fourth-order valence-corrected chi connectivity index (χ4v) is 5.23. The molecule has 178 valence electrons. The van der Waals surface area contributed by atoms with Gasteiger partial charge in [0.1, 0.15) is 0 Å². The Bertz CT molecular complexity index is 1100. The highest BCUT2D eigenvalue weighted by Crippen LogP contribution is 2.27. The molecule has 8 nitrogen and oxygen atoms in total. The molecule has 0 radical (unpaired) electrons. The van der Waals surface area contributed by atoms with Crippen molar-refractivity contribution < 1.29 is 19.7 Å². The van der Waals surface area contributed by atoms with Crippen molar-refractivity contribution in [3.8, 4) is 11.6 Å². The van der Waals surface area contributed by atoms with Gasteiger partial charge in [0.15, 0.2) is 10.0 Å². The number of thioether (sulfide) groups is 1. The molecular weight excluding hydrogens is 462 g/mol. The number of unbranched alkanes of at least 4 members (excludes halogenated alkanes) is 2. The number of ether oxygens (including phenoxy) is 1. The number of nitrogens with zero attached hydrogens (tertiary/aromatic N) is 2. The largest absolute Gasteiger partial charge is 0.493 e. The number of aromatic hydroxyl groups is 1. The second-order valence-corrected chi connectivity index (χ2v) is 9.68. The van der Waals surface area contributed by atoms with E-state index in [1.165, 1.54) is 27.7 Å². The highest BCUT2D eigenvalue weighted by Gasteiger charge is 2.17. The van der Waals surface area contributed by atoms with Crippen LogP contribution in [0.15, 0.2) is 38.8 Å². The summed E-state index contributed by atoms with van der Waals surface area (Å²) in [6.07, 6.45) is 3.73. The van der Waals surface area contributed by atoms with Gasteiger partial charge in [0.25, 0.3) is 0 Å². The molecular formula is C23H29N3O5S2. The standard InChI is InChI=1S/C23H29N3O5S2/c1-3-5-6-7-19(27)15-8-10-16(11-9-15)26-18(20(28)25-22(26)30)12-13-32-23-24-17(14-33-23)21(29)31-4-2/h8-11,14,19,27-28H,3-7,12-13H2,1-2H3,(H,25,30). The molecule has 1 aromatic carbocycles. The van der Waals surface area contributed by atoms with Crippen molar-refractivity contribution >= 4 is 29.1 Å². The van der Waals surface area contributed by atoms with Crippen molar-refractivity contribution in [2.45, 2.75) is 56.4 Å². The Morgan fingerprint density at radius 1 is 1.27 bits per heavy atom. The van der Waals surface area contributed by atoms with Gasteiger partial charge in [-0.25, -0.2) is 14.6 Å². The highest BCUT2D eigenvalue weighted by atomic mass is 32.2. The van der Waals surface area contributed by atoms with E-state index in [0.29, 0.717) is 40.9 Å². The second kappa shape index (κ2) is 12.1. The normalized spacial score (nSPS) is 12.1. The van der Waals surface area contributed by atoms with E-state index in [0.717, 1.165) is 24.8 Å². The molecule has 0 fully saturated rings. The number of imidazole rings is 1. The summed E-state index contributed by atoms with van der Waals surface area (Å²) < 4.78 is 7.10. The van der Waals surface area contributed by atoms with E-state index >= 15 is 0 Å². The number of rotatable bonds is 12. The van der Waals surface area contributed by atoms with Crippen LogP contribution in [0.25, 0.3) is 5.69 Å². The zero-order valence-corrected chi connectivity index (χ0v) is 20.4. The van der Waals surface area contributed by atoms with E-state index in [-0.39, 0.29) is 11.6 Å². The fourth-order valence-electron chi connectivity index (χ4n) is 3.42. The molecule has 1 unspecified atom stereocenters. The van der Waals surface area contributed by atoms with Gasteiger partial charge in [-0.15, -0.1) is 11.3 Å². The SMILES string of the molecule is CCCCCC(O)c1ccc(-n2c(CCSc3nc(C(=O)OCC)cs3)c(O)[nH]c2=O)cc1. The van der Waals surface area contributed by atoms with E-state index in [4.69, 9.17) is 4.74 Å². The van der Waals surface area contributed by atoms with Crippen molar-refractivity contribution in [1.82, 2.24) is 14.5 Å². The number of hydrogen-bond acceptors (Lipinski definition) is 8. The molecule has 3 aromatic rings. The van der Waals surface area contributed by atoms with E-state index < -0.39 is 17.8 Å². The molecule has 3 rings (SSSR count). The summed E-state index contributed by atoms with van der Waals surface area (Å²) in [6.45, 7) is 4.16. The quantitative estimate of drug-likeness (QED) is 0.195. The number of H-pyrrole nitrogens is 1. The molecule has 1 atom stereocenters. The number of aromatic amines is 1. The van der Waals surface area contributed by atoms with Gasteiger partial charge in [-0.3, -0.25) is 9.55 Å². The van der Waals surface area contributed by atoms with Gasteiger partial charge in [-0.1, -0.05) is 50.1 Å². The number of aromatic nitrogens is 3. The minimum atomic E-state index is -0.532. The molecule has 10 heteroatoms. The van der Waals surface area contributed by atoms with Gasteiger partial charge >= 0.3 is 11.7 Å². The van der Waals surface area contributed by atoms with E-state index in [2.05, 4.69) is 16.9 Å². The first-order valence-corrected chi connectivity index (χ1v) is 12.9. The molecule has 0 aliphatic carbocycles. The van der Waals surface area contributed by atoms with E-state index in [1.807, 2.05) is 12.1 Å². The number of aliphatic hydroxyl groups is 1. The summed E-state index contributed by atoms with van der Waals surface area (Å²) in [4.78, 5) is 30.9. The number of aliphatic hydroxyl groups excluding tert-OH is 1. The lowest BCUT2D eigenvalue weighted by molar-refractivity contribution is 0.0520. The first-order valence-electron chi connectivity index (χ1n) is 11.0. The van der Waals surface area contributed by atoms with Gasteiger partial charge < -0.3 is 14.9 Å². The molecule has 0 aliphatic heterocycles. The fraction of sp³-hybridized carbons (Fsp3) is 0.435. The number of nitrogens with one attached hydrogen (secondary N) is 1. The summed E-state index contributed by atoms with van der Waals surface area (Å²) in [7, 11) is 0. The zero-order valence-electron chi connectivity index (χ0n) is 18.7. The first-order chi connectivity index (χ1) is 15.9. The molecule has 0 bridgehead atoms. The lowest BCUT2D eigenvalue weighted by Gasteiger charge is -2.12. The molecule has 0 saturated heterocycles. The third kappa shape index (κ3) is 6.49. The molecule has 2 aromatic heterocycles. The van der Waals surface area contributed by atoms with Crippen LogP contribution >= 0.6 is 23.1 Å². The Labute approximate surface area is 200 Å². The van der Waals surface area contributed by atoms with Gasteiger partial charge in [0, 0.05) is 17.6 Å². The summed E-state index contributed by atoms with van der Waals surface area (Å²) >= 11 is 2.78. The Morgan fingerprint density at radius 3 is 2.73 bits per heavy atom. The topological polar surface area (TPSA) is 117 Å². The number of esters is 1. The van der Waals surface area contributed by atoms with Crippen LogP contribution in [-0.4, -0.2) is 43.1 Å². The Morgan fingerprint density at radius 2 is 2.03 bits per heavy atom. The predicted octanol–water partition coefficient (Wildman–Crippen LogP) is 4.45. The lowest BCUT2D eigenvalue weighted by atomic mass is 10.0. The van der Waals surface area contributed by atoms with Crippen LogP contribution in [0.4, 0.5) is 0 Å². The maximum atomic E-state index is 12.5. The number of hydrogen-bond donors (Lipinski definition) is 3. The summed E-state index contributed by atoms with van der Waals surface area (Å²) in [6, 6.07) is 7.17. The van der Waals surface area contributed by atoms with Crippen LogP contribution in [0, 0.1) is 0 Å². The third-order valence-corrected chi connectivity index (χ3v) is 7.14. The first kappa shape index (κ1) is 25.1. The Balaban J connectivity index is 1.67. The molecule has 0 spiro atoms. The lowest BCUT2D eigenvalue weighted by Crippen LogP contribution is -2.17. The number of thiazole rings is 1. The number of carbonyl (C=O) groups excluding carboxylic acids is 1. The van der Waals surface area contributed by atoms with Crippen molar-refractivity contribution in [3.63, 3.8) is 0 Å². The van der Waals surface area contributed by atoms with Crippen molar-refractivity contribution in [2.75, 3.05) is 12.4 Å². The zero-order chi connectivity index (χ0) is 23.8. The van der Waals surface area contributed by atoms with Crippen LogP contribution in [0.5, 0.6) is 5.88 Å². The molecule has 33 heavy (non-hydrogen) atoms. The van der Waals surface area contributed by atoms with Gasteiger partial charge in [-0.05, 0) is 31.0 Å². The van der Waals surface area contributed by atoms with Crippen molar-refractivity contribution in [1.29, 1.82) is 0 Å². The van der Waals surface area contributed by atoms with Crippen molar-refractivity contribution in [2.24, 2.45) is 0 Å². The van der Waals surface area contributed by atoms with Crippen LogP contribution in [0.3, 0.4) is 0 Å². The second-order valence-electron chi connectivity index (χ2n) is 7.48. The van der Waals surface area contributed by atoms with E-state index in [9.17, 15) is 19.8 Å². The Hall–Kier alpha value is -2.56. The maximum absolute atomic E-state index is 12.5. The molecule has 0 saturated carbocycles. The maximum Gasteiger partial charge on any atom is 0.357 e. The summed E-state index contributed by atoms with van der Waals surface area (Å²) in [5.74, 6) is -0.0678. The van der Waals surface area contributed by atoms with Gasteiger partial charge in [-0.2, -0.15) is 0 Å². The Kier molecular flexibility index (Phi) is 9.16. The van der Waals surface area contributed by atoms with Gasteiger partial charge in [0.2, 0.25) is 5.88 Å². The van der Waals surface area contributed by atoms with Crippen LogP contribution in [-0.2, 0) is 11.2 Å². The van der Waals surface area contributed by atoms with Crippen LogP contribution in [0.1, 0.15) is 67.4 Å². The third-order valence-electron chi connectivity index (χ3n) is 5.12. The van der Waals surface area contributed by atoms with Crippen LogP contribution < -0.4 is 5.69 Å². The smallest absolute Gasteiger partial charge is 0.357 e. The van der Waals surface area contributed by atoms with Crippen molar-refractivity contribution in [3.05, 3.63) is 57.1 Å². The molecule has 2 heterocycles. The average molecular weight is 492 g/mol. The summed E-state index contributed by atoms with van der Waals surface area (Å²) in [5, 5.41) is 22.3. The van der Waals surface area contributed by atoms with Crippen LogP contribution in [0.2, 0.25) is 0 Å². The number of benzene rings is 1. The number of carbonyl (C=O) groups is 1. The molecule has 0 amide bonds. The average Bonchev–Trinajstić information content (AvgIpc) is 3.38. The molecule has 0 aliphatic rings. The summed E-state index contributed by atoms with van der Waals surface area (Å²) in [5.41, 5.74) is 1.73. The van der Waals surface area contributed by atoms with Gasteiger partial charge in [0.05, 0.1) is 24.1 Å². The minimum Gasteiger partial charge on any atom is -0.493 e. The van der Waals surface area contributed by atoms with E-state index in [1.54, 1.807) is 24.4 Å². The minimum absolute atomic E-state index is 0.171. The highest BCUT2D eigenvalue weighted by molar-refractivity contribution is 8.01.